The summed E-state index contributed by atoms with van der Waals surface area (Å²) in [6.07, 6.45) is 1.59. The predicted molar refractivity (Wildman–Crippen MR) is 82.8 cm³/mol. The van der Waals surface area contributed by atoms with Crippen LogP contribution in [0.3, 0.4) is 0 Å². The van der Waals surface area contributed by atoms with Gasteiger partial charge >= 0.3 is 0 Å². The Morgan fingerprint density at radius 2 is 2.05 bits per heavy atom. The molecule has 21 heavy (non-hydrogen) atoms. The van der Waals surface area contributed by atoms with Crippen LogP contribution in [-0.2, 0) is 0 Å². The van der Waals surface area contributed by atoms with Crippen LogP contribution in [0.4, 0.5) is 5.69 Å². The van der Waals surface area contributed by atoms with E-state index in [-0.39, 0.29) is 5.69 Å². The molecule has 0 N–H and O–H groups in total. The maximum atomic E-state index is 11.0. The number of nitro groups is 1. The van der Waals surface area contributed by atoms with E-state index >= 15 is 0 Å². The fourth-order valence-corrected chi connectivity index (χ4v) is 2.17. The van der Waals surface area contributed by atoms with Crippen LogP contribution < -0.4 is 0 Å². The first kappa shape index (κ1) is 14.8. The van der Waals surface area contributed by atoms with E-state index in [0.29, 0.717) is 27.3 Å². The summed E-state index contributed by atoms with van der Waals surface area (Å²) in [6, 6.07) is 13.9. The molecule has 0 bridgehead atoms. The van der Waals surface area contributed by atoms with Gasteiger partial charge < -0.3 is 0 Å². The van der Waals surface area contributed by atoms with Crippen LogP contribution in [0.25, 0.3) is 11.6 Å². The lowest BCUT2D eigenvalue weighted by atomic mass is 10.0. The highest BCUT2D eigenvalue weighted by atomic mass is 35.5. The molecule has 2 aromatic rings. The molecule has 104 valence electrons. The smallest absolute Gasteiger partial charge is 0.258 e. The summed E-state index contributed by atoms with van der Waals surface area (Å²) in [5.74, 6) is 0. The average molecular weight is 299 g/mol. The highest BCUT2D eigenvalue weighted by molar-refractivity contribution is 6.32. The van der Waals surface area contributed by atoms with Gasteiger partial charge in [0.2, 0.25) is 0 Å². The minimum atomic E-state index is -0.436. The standard InChI is InChI=1S/C16H11ClN2O2/c1-11-6-7-12(9-16(11)19(20)21)8-13(10-18)14-4-2-3-5-15(14)17/h2-9H,1H3. The van der Waals surface area contributed by atoms with Gasteiger partial charge in [0.1, 0.15) is 0 Å². The van der Waals surface area contributed by atoms with Crippen LogP contribution in [0, 0.1) is 28.4 Å². The van der Waals surface area contributed by atoms with E-state index in [9.17, 15) is 15.4 Å². The number of nitriles is 1. The largest absolute Gasteiger partial charge is 0.272 e. The number of aryl methyl sites for hydroxylation is 1. The molecule has 4 nitrogen and oxygen atoms in total. The van der Waals surface area contributed by atoms with E-state index in [1.165, 1.54) is 6.07 Å². The minimum absolute atomic E-state index is 0.0280. The van der Waals surface area contributed by atoms with Crippen LogP contribution >= 0.6 is 11.6 Å². The lowest BCUT2D eigenvalue weighted by Gasteiger charge is -2.03. The number of nitrogens with zero attached hydrogens (tertiary/aromatic N) is 2. The average Bonchev–Trinajstić information content (AvgIpc) is 2.47. The van der Waals surface area contributed by atoms with E-state index < -0.39 is 4.92 Å². The molecule has 0 aliphatic heterocycles. The Kier molecular flexibility index (Phi) is 4.36. The van der Waals surface area contributed by atoms with Crippen molar-refractivity contribution in [1.29, 1.82) is 5.26 Å². The zero-order valence-corrected chi connectivity index (χ0v) is 12.0. The molecule has 5 heteroatoms. The third kappa shape index (κ3) is 3.28. The molecule has 2 aromatic carbocycles. The summed E-state index contributed by atoms with van der Waals surface area (Å²) in [5.41, 5.74) is 2.15. The van der Waals surface area contributed by atoms with Gasteiger partial charge in [0.25, 0.3) is 5.69 Å². The van der Waals surface area contributed by atoms with Crippen molar-refractivity contribution in [2.24, 2.45) is 0 Å². The third-order valence-electron chi connectivity index (χ3n) is 3.03. The molecule has 0 aromatic heterocycles. The van der Waals surface area contributed by atoms with Crippen molar-refractivity contribution in [3.8, 4) is 6.07 Å². The Morgan fingerprint density at radius 3 is 2.67 bits per heavy atom. The summed E-state index contributed by atoms with van der Waals surface area (Å²) in [4.78, 5) is 10.5. The number of benzene rings is 2. The summed E-state index contributed by atoms with van der Waals surface area (Å²) in [6.45, 7) is 1.67. The molecule has 0 amide bonds. The number of allylic oxidation sites excluding steroid dienone is 1. The Bertz CT molecular complexity index is 776. The van der Waals surface area contributed by atoms with Crippen LogP contribution in [0.1, 0.15) is 16.7 Å². The number of hydrogen-bond donors (Lipinski definition) is 0. The SMILES string of the molecule is Cc1ccc(C=C(C#N)c2ccccc2Cl)cc1[N+](=O)[O-]. The van der Waals surface area contributed by atoms with Crippen LogP contribution in [0.2, 0.25) is 5.02 Å². The van der Waals surface area contributed by atoms with Gasteiger partial charge in [-0.2, -0.15) is 5.26 Å². The monoisotopic (exact) mass is 298 g/mol. The number of halogens is 1. The fourth-order valence-electron chi connectivity index (χ4n) is 1.93. The maximum absolute atomic E-state index is 11.0. The van der Waals surface area contributed by atoms with E-state index in [2.05, 4.69) is 6.07 Å². The Balaban J connectivity index is 2.52. The van der Waals surface area contributed by atoms with Crippen molar-refractivity contribution in [3.05, 3.63) is 74.3 Å². The fraction of sp³-hybridized carbons (Fsp3) is 0.0625. The van der Waals surface area contributed by atoms with Gasteiger partial charge in [-0.25, -0.2) is 0 Å². The topological polar surface area (TPSA) is 66.9 Å². The molecular weight excluding hydrogens is 288 g/mol. The molecular formula is C16H11ClN2O2. The van der Waals surface area contributed by atoms with Crippen LogP contribution in [0.5, 0.6) is 0 Å². The third-order valence-corrected chi connectivity index (χ3v) is 3.35. The summed E-state index contributed by atoms with van der Waals surface area (Å²) in [5, 5.41) is 20.7. The normalized spacial score (nSPS) is 11.0. The molecule has 0 aliphatic carbocycles. The minimum Gasteiger partial charge on any atom is -0.258 e. The lowest BCUT2D eigenvalue weighted by molar-refractivity contribution is -0.385. The van der Waals surface area contributed by atoms with Gasteiger partial charge in [-0.05, 0) is 24.6 Å². The number of hydrogen-bond acceptors (Lipinski definition) is 3. The predicted octanol–water partition coefficient (Wildman–Crippen LogP) is 4.62. The van der Waals surface area contributed by atoms with Gasteiger partial charge in [0.05, 0.1) is 16.6 Å². The summed E-state index contributed by atoms with van der Waals surface area (Å²) in [7, 11) is 0. The first-order valence-corrected chi connectivity index (χ1v) is 6.52. The number of rotatable bonds is 3. The second-order valence-electron chi connectivity index (χ2n) is 4.45. The summed E-state index contributed by atoms with van der Waals surface area (Å²) < 4.78 is 0. The molecule has 0 saturated heterocycles. The molecule has 0 unspecified atom stereocenters. The Morgan fingerprint density at radius 1 is 1.33 bits per heavy atom. The van der Waals surface area contributed by atoms with Crippen molar-refractivity contribution in [1.82, 2.24) is 0 Å². The van der Waals surface area contributed by atoms with E-state index in [0.717, 1.165) is 0 Å². The molecule has 2 rings (SSSR count). The van der Waals surface area contributed by atoms with Crippen molar-refractivity contribution < 1.29 is 4.92 Å². The maximum Gasteiger partial charge on any atom is 0.272 e. The van der Waals surface area contributed by atoms with E-state index in [1.54, 1.807) is 49.4 Å². The Labute approximate surface area is 127 Å². The highest BCUT2D eigenvalue weighted by Crippen LogP contribution is 2.27. The highest BCUT2D eigenvalue weighted by Gasteiger charge is 2.11. The second-order valence-corrected chi connectivity index (χ2v) is 4.86. The first-order chi connectivity index (χ1) is 10.0. The second kappa shape index (κ2) is 6.21. The van der Waals surface area contributed by atoms with Gasteiger partial charge in [0, 0.05) is 22.2 Å². The molecule has 0 radical (unpaired) electrons. The lowest BCUT2D eigenvalue weighted by Crippen LogP contribution is -1.92. The van der Waals surface area contributed by atoms with E-state index in [1.807, 2.05) is 0 Å². The zero-order chi connectivity index (χ0) is 15.4. The zero-order valence-electron chi connectivity index (χ0n) is 11.2. The van der Waals surface area contributed by atoms with Gasteiger partial charge in [-0.3, -0.25) is 10.1 Å². The molecule has 0 aliphatic rings. The molecule has 0 heterocycles. The molecule has 0 saturated carbocycles. The van der Waals surface area contributed by atoms with E-state index in [4.69, 9.17) is 11.6 Å². The quantitative estimate of drug-likeness (QED) is 0.359. The van der Waals surface area contributed by atoms with Crippen molar-refractivity contribution in [3.63, 3.8) is 0 Å². The van der Waals surface area contributed by atoms with Crippen molar-refractivity contribution in [2.75, 3.05) is 0 Å². The van der Waals surface area contributed by atoms with Gasteiger partial charge in [-0.15, -0.1) is 0 Å². The summed E-state index contributed by atoms with van der Waals surface area (Å²) >= 11 is 6.07. The molecule has 0 spiro atoms. The molecule has 0 fully saturated rings. The van der Waals surface area contributed by atoms with Gasteiger partial charge in [0.15, 0.2) is 0 Å². The van der Waals surface area contributed by atoms with Crippen LogP contribution in [0.15, 0.2) is 42.5 Å². The van der Waals surface area contributed by atoms with Crippen molar-refractivity contribution >= 4 is 28.9 Å². The molecule has 0 atom stereocenters. The van der Waals surface area contributed by atoms with Gasteiger partial charge in [-0.1, -0.05) is 41.9 Å². The number of nitro benzene ring substituents is 1. The first-order valence-electron chi connectivity index (χ1n) is 6.14. The Hall–Kier alpha value is -2.64. The van der Waals surface area contributed by atoms with Crippen LogP contribution in [-0.4, -0.2) is 4.92 Å². The van der Waals surface area contributed by atoms with Crippen molar-refractivity contribution in [2.45, 2.75) is 6.92 Å².